The molecule has 1 aliphatic rings. The second-order valence-electron chi connectivity index (χ2n) is 4.94. The second-order valence-corrected chi connectivity index (χ2v) is 6.07. The van der Waals surface area contributed by atoms with E-state index in [4.69, 9.17) is 0 Å². The zero-order chi connectivity index (χ0) is 13.1. The minimum absolute atomic E-state index is 0.459. The molecular formula is C16H18N2S. The normalized spacial score (nSPS) is 18.1. The van der Waals surface area contributed by atoms with E-state index in [1.54, 1.807) is 0 Å². The molecule has 0 amide bonds. The maximum Gasteiger partial charge on any atom is 0.0542 e. The second kappa shape index (κ2) is 5.76. The van der Waals surface area contributed by atoms with E-state index in [2.05, 4.69) is 53.6 Å². The van der Waals surface area contributed by atoms with Gasteiger partial charge in [-0.25, -0.2) is 0 Å². The van der Waals surface area contributed by atoms with Gasteiger partial charge < -0.3 is 5.32 Å². The van der Waals surface area contributed by atoms with Gasteiger partial charge in [-0.3, -0.25) is 4.98 Å². The summed E-state index contributed by atoms with van der Waals surface area (Å²) in [5.74, 6) is 1.19. The van der Waals surface area contributed by atoms with E-state index in [1.807, 2.05) is 18.0 Å². The first-order chi connectivity index (χ1) is 9.33. The van der Waals surface area contributed by atoms with Crippen LogP contribution in [0.5, 0.6) is 0 Å². The maximum atomic E-state index is 4.45. The van der Waals surface area contributed by atoms with Crippen LogP contribution in [0.1, 0.15) is 29.3 Å². The van der Waals surface area contributed by atoms with E-state index in [0.29, 0.717) is 6.04 Å². The monoisotopic (exact) mass is 270 g/mol. The predicted molar refractivity (Wildman–Crippen MR) is 80.3 cm³/mol. The molecule has 1 N–H and O–H groups in total. The molecule has 1 aromatic carbocycles. The van der Waals surface area contributed by atoms with E-state index in [0.717, 1.165) is 12.2 Å². The molecule has 2 aromatic rings. The molecule has 1 aromatic heterocycles. The fraction of sp³-hybridized carbons (Fsp3) is 0.312. The lowest BCUT2D eigenvalue weighted by Gasteiger charge is -2.25. The van der Waals surface area contributed by atoms with E-state index < -0.39 is 0 Å². The van der Waals surface area contributed by atoms with Gasteiger partial charge in [0.2, 0.25) is 0 Å². The van der Waals surface area contributed by atoms with E-state index >= 15 is 0 Å². The third kappa shape index (κ3) is 2.99. The third-order valence-corrected chi connectivity index (χ3v) is 4.58. The molecule has 0 saturated carbocycles. The lowest BCUT2D eigenvalue weighted by atomic mass is 10.0. The van der Waals surface area contributed by atoms with E-state index in [9.17, 15) is 0 Å². The number of thioether (sulfide) groups is 1. The summed E-state index contributed by atoms with van der Waals surface area (Å²) in [4.78, 5) is 5.87. The zero-order valence-corrected chi connectivity index (χ0v) is 11.9. The maximum absolute atomic E-state index is 4.45. The molecule has 2 heterocycles. The number of nitrogens with zero attached hydrogens (tertiary/aromatic N) is 1. The minimum Gasteiger partial charge on any atom is -0.304 e. The Morgan fingerprint density at radius 3 is 3.00 bits per heavy atom. The van der Waals surface area contributed by atoms with Crippen molar-refractivity contribution in [2.45, 2.75) is 30.8 Å². The minimum atomic E-state index is 0.459. The number of aryl methyl sites for hydroxylation is 1. The van der Waals surface area contributed by atoms with Crippen molar-refractivity contribution in [3.8, 4) is 0 Å². The molecule has 1 aliphatic heterocycles. The molecule has 0 spiro atoms. The van der Waals surface area contributed by atoms with Crippen molar-refractivity contribution >= 4 is 11.8 Å². The first-order valence-electron chi connectivity index (χ1n) is 6.69. The van der Waals surface area contributed by atoms with Gasteiger partial charge in [-0.15, -0.1) is 11.8 Å². The largest absolute Gasteiger partial charge is 0.304 e. The predicted octanol–water partition coefficient (Wildman–Crippen LogP) is 3.72. The number of hydrogen-bond donors (Lipinski definition) is 1. The molecule has 0 radical (unpaired) electrons. The highest BCUT2D eigenvalue weighted by Crippen LogP contribution is 2.35. The molecule has 98 valence electrons. The lowest BCUT2D eigenvalue weighted by Crippen LogP contribution is -2.24. The molecule has 1 unspecified atom stereocenters. The fourth-order valence-corrected chi connectivity index (χ4v) is 3.51. The van der Waals surface area contributed by atoms with Crippen molar-refractivity contribution in [2.75, 3.05) is 5.75 Å². The number of rotatable bonds is 3. The van der Waals surface area contributed by atoms with E-state index in [-0.39, 0.29) is 0 Å². The van der Waals surface area contributed by atoms with Gasteiger partial charge in [-0.05, 0) is 42.4 Å². The highest BCUT2D eigenvalue weighted by atomic mass is 32.2. The number of hydrogen-bond acceptors (Lipinski definition) is 3. The molecule has 0 fully saturated rings. The third-order valence-electron chi connectivity index (χ3n) is 3.46. The van der Waals surface area contributed by atoms with Crippen molar-refractivity contribution in [1.82, 2.24) is 10.3 Å². The lowest BCUT2D eigenvalue weighted by molar-refractivity contribution is 0.505. The number of aromatic nitrogens is 1. The highest BCUT2D eigenvalue weighted by Gasteiger charge is 2.19. The van der Waals surface area contributed by atoms with Gasteiger partial charge >= 0.3 is 0 Å². The summed E-state index contributed by atoms with van der Waals surface area (Å²) in [6, 6.07) is 13.4. The molecule has 19 heavy (non-hydrogen) atoms. The Morgan fingerprint density at radius 2 is 2.16 bits per heavy atom. The van der Waals surface area contributed by atoms with Crippen LogP contribution in [0.25, 0.3) is 0 Å². The number of nitrogens with one attached hydrogen (secondary N) is 1. The molecule has 2 nitrogen and oxygen atoms in total. The van der Waals surface area contributed by atoms with Crippen LogP contribution in [-0.4, -0.2) is 10.7 Å². The van der Waals surface area contributed by atoms with Crippen molar-refractivity contribution in [1.29, 1.82) is 0 Å². The Labute approximate surface area is 118 Å². The Kier molecular flexibility index (Phi) is 3.85. The van der Waals surface area contributed by atoms with Crippen molar-refractivity contribution in [2.24, 2.45) is 0 Å². The SMILES string of the molecule is Cc1ccc(CNC2CCSc3ccccc32)nc1. The van der Waals surface area contributed by atoms with Gasteiger partial charge in [0.25, 0.3) is 0 Å². The molecule has 3 rings (SSSR count). The van der Waals surface area contributed by atoms with Crippen LogP contribution in [-0.2, 0) is 6.54 Å². The van der Waals surface area contributed by atoms with Crippen LogP contribution in [0.2, 0.25) is 0 Å². The zero-order valence-electron chi connectivity index (χ0n) is 11.1. The van der Waals surface area contributed by atoms with Gasteiger partial charge in [0.05, 0.1) is 5.69 Å². The summed E-state index contributed by atoms with van der Waals surface area (Å²) < 4.78 is 0. The molecule has 1 atom stereocenters. The highest BCUT2D eigenvalue weighted by molar-refractivity contribution is 7.99. The van der Waals surface area contributed by atoms with Crippen LogP contribution in [0, 0.1) is 6.92 Å². The average molecular weight is 270 g/mol. The Morgan fingerprint density at radius 1 is 1.26 bits per heavy atom. The quantitative estimate of drug-likeness (QED) is 0.920. The van der Waals surface area contributed by atoms with Crippen LogP contribution >= 0.6 is 11.8 Å². The summed E-state index contributed by atoms with van der Waals surface area (Å²) in [5, 5.41) is 3.64. The number of fused-ring (bicyclic) bond motifs is 1. The van der Waals surface area contributed by atoms with Crippen molar-refractivity contribution in [3.05, 3.63) is 59.4 Å². The Balaban J connectivity index is 1.69. The van der Waals surface area contributed by atoms with Crippen LogP contribution in [0.3, 0.4) is 0 Å². The van der Waals surface area contributed by atoms with Crippen LogP contribution < -0.4 is 5.32 Å². The Bertz CT molecular complexity index is 551. The van der Waals surface area contributed by atoms with Gasteiger partial charge in [-0.1, -0.05) is 24.3 Å². The molecule has 0 bridgehead atoms. The smallest absolute Gasteiger partial charge is 0.0542 e. The Hall–Kier alpha value is -1.32. The first kappa shape index (κ1) is 12.7. The van der Waals surface area contributed by atoms with Crippen molar-refractivity contribution in [3.63, 3.8) is 0 Å². The van der Waals surface area contributed by atoms with Crippen LogP contribution in [0.4, 0.5) is 0 Å². The van der Waals surface area contributed by atoms with Gasteiger partial charge in [0.1, 0.15) is 0 Å². The molecule has 0 aliphatic carbocycles. The summed E-state index contributed by atoms with van der Waals surface area (Å²) in [6.45, 7) is 2.91. The van der Waals surface area contributed by atoms with Gasteiger partial charge in [0.15, 0.2) is 0 Å². The van der Waals surface area contributed by atoms with E-state index in [1.165, 1.54) is 28.2 Å². The average Bonchev–Trinajstić information content (AvgIpc) is 2.47. The first-order valence-corrected chi connectivity index (χ1v) is 7.68. The number of benzene rings is 1. The van der Waals surface area contributed by atoms with Crippen LogP contribution in [0.15, 0.2) is 47.5 Å². The summed E-state index contributed by atoms with van der Waals surface area (Å²) in [6.07, 6.45) is 3.12. The van der Waals surface area contributed by atoms with Gasteiger partial charge in [-0.2, -0.15) is 0 Å². The fourth-order valence-electron chi connectivity index (χ4n) is 2.38. The summed E-state index contributed by atoms with van der Waals surface area (Å²) >= 11 is 1.96. The molecule has 3 heteroatoms. The number of pyridine rings is 1. The topological polar surface area (TPSA) is 24.9 Å². The standard InChI is InChI=1S/C16H18N2S/c1-12-6-7-13(17-10-12)11-18-15-8-9-19-16-5-3-2-4-14(15)16/h2-7,10,15,18H,8-9,11H2,1H3. The molecular weight excluding hydrogens is 252 g/mol. The van der Waals surface area contributed by atoms with Crippen molar-refractivity contribution < 1.29 is 0 Å². The molecule has 0 saturated heterocycles. The summed E-state index contributed by atoms with van der Waals surface area (Å²) in [7, 11) is 0. The van der Waals surface area contributed by atoms with Gasteiger partial charge in [0, 0.05) is 23.7 Å². The summed E-state index contributed by atoms with van der Waals surface area (Å²) in [5.41, 5.74) is 3.76.